The third-order valence-electron chi connectivity index (χ3n) is 28.6. The van der Waals surface area contributed by atoms with Crippen LogP contribution < -0.4 is 9.47 Å². The predicted molar refractivity (Wildman–Crippen MR) is 491 cm³/mol. The zero-order valence-electron chi connectivity index (χ0n) is 76.2. The zero-order chi connectivity index (χ0) is 82.0. The van der Waals surface area contributed by atoms with Crippen molar-refractivity contribution in [2.75, 3.05) is 13.2 Å². The summed E-state index contributed by atoms with van der Waals surface area (Å²) in [6, 6.07) is 14.4. The van der Waals surface area contributed by atoms with Crippen LogP contribution in [0, 0.1) is 6.92 Å². The van der Waals surface area contributed by atoms with Gasteiger partial charge in [0.2, 0.25) is 0 Å². The average Bonchev–Trinajstić information content (AvgIpc) is 1.63. The monoisotopic (exact) mass is 1540 g/mol. The fraction of sp³-hybridized carbons (Fsp3) is 0.562. The number of fused-ring (bicyclic) bond motifs is 14. The van der Waals surface area contributed by atoms with Gasteiger partial charge in [-0.2, -0.15) is 0 Å². The third kappa shape index (κ3) is 16.3. The summed E-state index contributed by atoms with van der Waals surface area (Å²) < 4.78 is 11.6. The number of ether oxygens (including phenoxy) is 2. The molecule has 612 valence electrons. The normalized spacial score (nSPS) is 18.1. The lowest BCUT2D eigenvalue weighted by atomic mass is 9.77. The van der Waals surface area contributed by atoms with Crippen molar-refractivity contribution in [1.82, 2.24) is 0 Å². The number of ketones is 1. The number of rotatable bonds is 0. The molecule has 0 unspecified atom stereocenters. The second-order valence-corrected chi connectivity index (χ2v) is 44.4. The van der Waals surface area contributed by atoms with Crippen molar-refractivity contribution in [1.29, 1.82) is 0 Å². The van der Waals surface area contributed by atoms with Crippen molar-refractivity contribution < 1.29 is 14.3 Å². The lowest BCUT2D eigenvalue weighted by Crippen LogP contribution is -2.19. The van der Waals surface area contributed by atoms with Gasteiger partial charge in [0.05, 0.1) is 13.2 Å². The quantitative estimate of drug-likeness (QED) is 0.152. The van der Waals surface area contributed by atoms with Crippen LogP contribution in [0.25, 0.3) is 17.7 Å². The van der Waals surface area contributed by atoms with Gasteiger partial charge >= 0.3 is 0 Å². The van der Waals surface area contributed by atoms with Gasteiger partial charge in [-0.15, -0.1) is 0 Å². The smallest absolute Gasteiger partial charge is 0.163 e. The molecule has 12 aliphatic carbocycles. The average molecular weight is 1540 g/mol. The Morgan fingerprint density at radius 2 is 0.678 bits per heavy atom. The molecule has 0 N–H and O–H groups in total. The summed E-state index contributed by atoms with van der Waals surface area (Å²) in [4.78, 5) is 12.1. The molecular formula is C112H146O3. The number of carbonyl (C=O) groups is 1. The van der Waals surface area contributed by atoms with E-state index >= 15 is 0 Å². The summed E-state index contributed by atoms with van der Waals surface area (Å²) in [6.45, 7) is 57.5. The number of allylic oxidation sites excluding steroid dienone is 3. The molecule has 7 aromatic rings. The first-order valence-corrected chi connectivity index (χ1v) is 46.3. The summed E-state index contributed by atoms with van der Waals surface area (Å²) in [5.41, 5.74) is 56.7. The Hall–Kier alpha value is -6.97. The number of hydrogen-bond acceptors (Lipinski definition) is 3. The standard InChI is InChI=1S/C17H24.C17H22.C16H20O.2C16H20.2C15H20O/c1-11-12-7-5-9-14(12)16(17(2,3)4)15-10-6-8-13(11)15;1-11-8-9-14-15(11)10-12-6-5-7-13(12)16(14)17(2,3)4;1-16(2,3)15-12-6-4-5-10(12)9-11-7-8-13(17)14(11)15;2*1-16(2,3)15-13-8-4-6-11(13)10-12-7-5-9-14(12)15;1-15(2,3)13-12-6-4-5-10(12)9-11-7-8-16-14(11)13;1-15(2,3)14-11-6-4-5-10(11)9-13-12(14)7-8-16-13/h5-10H2,1-4H3;10H,1,5-9H2,2-4H3;9H,4-8H2,1-3H3;4,8,10H,5-7,9H2,1-3H3;4,6,10H,5,7-9H2,1-3H3;2*9H,4-8H2,1-3H3. The van der Waals surface area contributed by atoms with E-state index in [1.165, 1.54) is 240 Å². The molecule has 2 aliphatic heterocycles. The molecule has 0 fully saturated rings. The highest BCUT2D eigenvalue weighted by molar-refractivity contribution is 6.02. The number of carbonyl (C=O) groups excluding carboxylic acids is 1. The van der Waals surface area contributed by atoms with Gasteiger partial charge in [-0.3, -0.25) is 4.79 Å². The van der Waals surface area contributed by atoms with Gasteiger partial charge in [0.25, 0.3) is 0 Å². The van der Waals surface area contributed by atoms with Crippen LogP contribution in [0.1, 0.15) is 404 Å². The summed E-state index contributed by atoms with van der Waals surface area (Å²) >= 11 is 0. The van der Waals surface area contributed by atoms with E-state index in [0.717, 1.165) is 57.3 Å². The summed E-state index contributed by atoms with van der Waals surface area (Å²) in [5, 5.41) is 0. The van der Waals surface area contributed by atoms with Gasteiger partial charge in [0.1, 0.15) is 11.5 Å². The van der Waals surface area contributed by atoms with Crippen molar-refractivity contribution in [3.05, 3.63) is 244 Å². The number of aryl methyl sites for hydroxylation is 7. The Morgan fingerprint density at radius 1 is 0.287 bits per heavy atom. The number of Topliss-reactive ketones (excluding diaryl/α,β-unsaturated/α-hetero) is 1. The molecule has 3 heteroatoms. The first kappa shape index (κ1) is 83.1. The third-order valence-corrected chi connectivity index (χ3v) is 28.6. The molecule has 0 atom stereocenters. The Bertz CT molecular complexity index is 4840. The van der Waals surface area contributed by atoms with Crippen molar-refractivity contribution in [3.8, 4) is 11.5 Å². The van der Waals surface area contributed by atoms with Crippen LogP contribution in [0.15, 0.2) is 55.1 Å². The number of hydrogen-bond donors (Lipinski definition) is 0. The fourth-order valence-corrected chi connectivity index (χ4v) is 24.6. The molecule has 0 amide bonds. The molecule has 2 heterocycles. The van der Waals surface area contributed by atoms with Crippen molar-refractivity contribution in [3.63, 3.8) is 0 Å². The van der Waals surface area contributed by atoms with Crippen LogP contribution in [0.4, 0.5) is 0 Å². The molecule has 115 heavy (non-hydrogen) atoms. The predicted octanol–water partition coefficient (Wildman–Crippen LogP) is 27.2. The lowest BCUT2D eigenvalue weighted by Gasteiger charge is -2.28. The minimum atomic E-state index is 0.0970. The van der Waals surface area contributed by atoms with E-state index in [2.05, 4.69) is 220 Å². The highest BCUT2D eigenvalue weighted by Gasteiger charge is 2.39. The molecule has 0 bridgehead atoms. The van der Waals surface area contributed by atoms with Crippen LogP contribution in [0.2, 0.25) is 0 Å². The van der Waals surface area contributed by atoms with Crippen LogP contribution in [0.3, 0.4) is 0 Å². The van der Waals surface area contributed by atoms with Gasteiger partial charge in [0.15, 0.2) is 5.78 Å². The van der Waals surface area contributed by atoms with Crippen molar-refractivity contribution >= 4 is 23.5 Å². The van der Waals surface area contributed by atoms with Crippen LogP contribution in [0.5, 0.6) is 11.5 Å². The first-order valence-electron chi connectivity index (χ1n) is 46.3. The number of benzene rings is 7. The van der Waals surface area contributed by atoms with Gasteiger partial charge in [0, 0.05) is 36.0 Å². The van der Waals surface area contributed by atoms with Gasteiger partial charge < -0.3 is 9.47 Å². The fourth-order valence-electron chi connectivity index (χ4n) is 24.6. The minimum Gasteiger partial charge on any atom is -0.493 e. The zero-order valence-corrected chi connectivity index (χ0v) is 76.2. The van der Waals surface area contributed by atoms with E-state index in [1.54, 1.807) is 128 Å². The molecule has 0 saturated heterocycles. The summed E-state index contributed by atoms with van der Waals surface area (Å²) in [5.74, 6) is 2.76. The summed E-state index contributed by atoms with van der Waals surface area (Å²) in [7, 11) is 0. The van der Waals surface area contributed by atoms with E-state index < -0.39 is 0 Å². The first-order chi connectivity index (χ1) is 54.2. The maximum absolute atomic E-state index is 12.1. The van der Waals surface area contributed by atoms with Crippen LogP contribution in [-0.2, 0) is 179 Å². The maximum atomic E-state index is 12.1. The Kier molecular flexibility index (Phi) is 22.9. The van der Waals surface area contributed by atoms with Crippen molar-refractivity contribution in [2.24, 2.45) is 0 Å². The van der Waals surface area contributed by atoms with Gasteiger partial charge in [-0.25, -0.2) is 0 Å². The Labute approximate surface area is 698 Å². The lowest BCUT2D eigenvalue weighted by molar-refractivity contribution is 0.0992. The van der Waals surface area contributed by atoms with E-state index in [0.29, 0.717) is 16.6 Å². The van der Waals surface area contributed by atoms with E-state index in [4.69, 9.17) is 9.47 Å². The van der Waals surface area contributed by atoms with Gasteiger partial charge in [-0.05, 0) is 415 Å². The topological polar surface area (TPSA) is 35.5 Å². The van der Waals surface area contributed by atoms with Crippen LogP contribution >= 0.6 is 0 Å². The Morgan fingerprint density at radius 3 is 1.20 bits per heavy atom. The van der Waals surface area contributed by atoms with E-state index in [-0.39, 0.29) is 27.1 Å². The largest absolute Gasteiger partial charge is 0.493 e. The summed E-state index contributed by atoms with van der Waals surface area (Å²) in [6.07, 6.45) is 49.0. The highest BCUT2D eigenvalue weighted by Crippen LogP contribution is 2.51. The molecule has 14 aliphatic rings. The molecule has 0 saturated carbocycles. The minimum absolute atomic E-state index is 0.0970. The van der Waals surface area contributed by atoms with Gasteiger partial charge in [-0.1, -0.05) is 207 Å². The molecule has 0 radical (unpaired) electrons. The molecule has 21 rings (SSSR count). The SMILES string of the molecule is C=C1CCc2c1cc1c(c2C(C)(C)C)CCC1.CC(C)(C)c1c2c(cc3c1C(=O)CC3)CCC2.CC(C)(C)c1c2c(cc3c1CCC3)C=CC2.CC(C)(C)c1c2c(cc3c1CCC3)CC=C2.CC(C)(C)c1c2c(cc3c1CCO3)CCC2.CC(C)(C)c1c2c(cc3c1OCC3)CCC2.Cc1c2c(c(C(C)(C)C)c3c1CCC3)CCC2. The molecule has 7 aromatic carbocycles. The van der Waals surface area contributed by atoms with Crippen LogP contribution in [-0.4, -0.2) is 19.0 Å². The van der Waals surface area contributed by atoms with E-state index in [1.807, 2.05) is 0 Å². The highest BCUT2D eigenvalue weighted by atomic mass is 16.5. The van der Waals surface area contributed by atoms with E-state index in [9.17, 15) is 4.79 Å². The maximum Gasteiger partial charge on any atom is 0.163 e. The second-order valence-electron chi connectivity index (χ2n) is 44.4. The molecular weight excluding hydrogens is 1390 g/mol. The second kappa shape index (κ2) is 31.6. The molecule has 0 spiro atoms. The molecule has 3 nitrogen and oxygen atoms in total. The molecule has 0 aromatic heterocycles. The Balaban J connectivity index is 0.000000106. The van der Waals surface area contributed by atoms with Crippen molar-refractivity contribution in [2.45, 2.75) is 396 Å².